The fourth-order valence-electron chi connectivity index (χ4n) is 1.52. The number of carbonyl (C=O) groups excluding carboxylic acids is 2. The molecule has 0 bridgehead atoms. The number of hydrazone groups is 1. The zero-order valence-corrected chi connectivity index (χ0v) is 13.1. The number of nitrogens with one attached hydrogen (secondary N) is 2. The van der Waals surface area contributed by atoms with Crippen molar-refractivity contribution in [1.29, 1.82) is 0 Å². The van der Waals surface area contributed by atoms with Crippen molar-refractivity contribution in [1.82, 2.24) is 10.7 Å². The zero-order valence-electron chi connectivity index (χ0n) is 13.1. The summed E-state index contributed by atoms with van der Waals surface area (Å²) in [5.74, 6) is -0.836. The predicted molar refractivity (Wildman–Crippen MR) is 87.4 cm³/mol. The summed E-state index contributed by atoms with van der Waals surface area (Å²) in [5.41, 5.74) is 2.92. The number of nitrogens with zero attached hydrogens (tertiary/aromatic N) is 1. The topological polar surface area (TPSA) is 89.0 Å². The van der Waals surface area contributed by atoms with Gasteiger partial charge in [-0.05, 0) is 36.2 Å². The third-order valence-corrected chi connectivity index (χ3v) is 2.64. The van der Waals surface area contributed by atoms with Crippen LogP contribution in [0.15, 0.2) is 42.0 Å². The minimum Gasteiger partial charge on any atom is -0.490 e. The van der Waals surface area contributed by atoms with Crippen molar-refractivity contribution in [3.8, 4) is 5.75 Å². The van der Waals surface area contributed by atoms with E-state index in [0.717, 1.165) is 5.56 Å². The van der Waals surface area contributed by atoms with Gasteiger partial charge in [-0.2, -0.15) is 5.10 Å². The summed E-state index contributed by atoms with van der Waals surface area (Å²) in [6.45, 7) is 4.89. The van der Waals surface area contributed by atoms with Gasteiger partial charge in [0.15, 0.2) is 0 Å². The Morgan fingerprint density at radius 2 is 2.00 bits per heavy atom. The minimum atomic E-state index is -0.815. The van der Waals surface area contributed by atoms with Crippen molar-refractivity contribution in [2.45, 2.75) is 6.42 Å². The molecule has 0 spiro atoms. The van der Waals surface area contributed by atoms with Gasteiger partial charge in [0.2, 0.25) is 0 Å². The molecule has 0 saturated carbocycles. The van der Waals surface area contributed by atoms with E-state index in [1.165, 1.54) is 6.21 Å². The van der Waals surface area contributed by atoms with Gasteiger partial charge < -0.3 is 14.8 Å². The Labute approximate surface area is 135 Å². The molecule has 7 nitrogen and oxygen atoms in total. The second-order valence-corrected chi connectivity index (χ2v) is 4.47. The molecule has 0 aliphatic rings. The lowest BCUT2D eigenvalue weighted by Gasteiger charge is -2.03. The van der Waals surface area contributed by atoms with E-state index < -0.39 is 11.8 Å². The summed E-state index contributed by atoms with van der Waals surface area (Å²) in [4.78, 5) is 22.9. The maximum atomic E-state index is 11.5. The molecular weight excluding hydrogens is 298 g/mol. The first-order chi connectivity index (χ1) is 11.2. The van der Waals surface area contributed by atoms with E-state index in [4.69, 9.17) is 9.47 Å². The number of ether oxygens (including phenoxy) is 2. The van der Waals surface area contributed by atoms with Crippen LogP contribution in [0, 0.1) is 0 Å². The molecule has 1 aromatic rings. The average Bonchev–Trinajstić information content (AvgIpc) is 2.57. The number of methoxy groups -OCH3 is 1. The summed E-state index contributed by atoms with van der Waals surface area (Å²) in [7, 11) is 1.57. The van der Waals surface area contributed by atoms with Gasteiger partial charge in [0, 0.05) is 20.3 Å². The SMILES string of the molecule is C=CCOc1ccc(/C=N\NC(=O)C(=O)NCCCOC)cc1. The Morgan fingerprint density at radius 3 is 2.65 bits per heavy atom. The van der Waals surface area contributed by atoms with Gasteiger partial charge in [-0.25, -0.2) is 5.43 Å². The third-order valence-electron chi connectivity index (χ3n) is 2.64. The number of benzene rings is 1. The molecule has 7 heteroatoms. The first-order valence-corrected chi connectivity index (χ1v) is 7.11. The van der Waals surface area contributed by atoms with E-state index in [1.54, 1.807) is 37.5 Å². The highest BCUT2D eigenvalue weighted by atomic mass is 16.5. The van der Waals surface area contributed by atoms with Gasteiger partial charge in [-0.1, -0.05) is 12.7 Å². The maximum Gasteiger partial charge on any atom is 0.329 e. The molecule has 0 aliphatic carbocycles. The van der Waals surface area contributed by atoms with E-state index in [0.29, 0.717) is 31.9 Å². The van der Waals surface area contributed by atoms with Crippen molar-refractivity contribution < 1.29 is 19.1 Å². The first kappa shape index (κ1) is 18.4. The summed E-state index contributed by atoms with van der Waals surface area (Å²) in [5, 5.41) is 6.20. The largest absolute Gasteiger partial charge is 0.490 e. The van der Waals surface area contributed by atoms with E-state index in [1.807, 2.05) is 0 Å². The van der Waals surface area contributed by atoms with Crippen LogP contribution < -0.4 is 15.5 Å². The lowest BCUT2D eigenvalue weighted by Crippen LogP contribution is -2.38. The molecule has 124 valence electrons. The lowest BCUT2D eigenvalue weighted by atomic mass is 10.2. The molecule has 0 atom stereocenters. The highest BCUT2D eigenvalue weighted by molar-refractivity contribution is 6.35. The van der Waals surface area contributed by atoms with E-state index in [2.05, 4.69) is 22.4 Å². The Kier molecular flexibility index (Phi) is 8.77. The van der Waals surface area contributed by atoms with Gasteiger partial charge in [0.1, 0.15) is 12.4 Å². The Balaban J connectivity index is 2.35. The minimum absolute atomic E-state index is 0.371. The van der Waals surface area contributed by atoms with Crippen LogP contribution in [0.25, 0.3) is 0 Å². The van der Waals surface area contributed by atoms with Gasteiger partial charge in [0.05, 0.1) is 6.21 Å². The second kappa shape index (κ2) is 11.0. The van der Waals surface area contributed by atoms with Crippen molar-refractivity contribution in [3.05, 3.63) is 42.5 Å². The number of amides is 2. The Bertz CT molecular complexity index is 541. The first-order valence-electron chi connectivity index (χ1n) is 7.11. The smallest absolute Gasteiger partial charge is 0.329 e. The molecule has 0 saturated heterocycles. The highest BCUT2D eigenvalue weighted by Gasteiger charge is 2.11. The van der Waals surface area contributed by atoms with E-state index in [-0.39, 0.29) is 0 Å². The summed E-state index contributed by atoms with van der Waals surface area (Å²) in [6.07, 6.45) is 3.73. The monoisotopic (exact) mass is 319 g/mol. The van der Waals surface area contributed by atoms with E-state index >= 15 is 0 Å². The summed E-state index contributed by atoms with van der Waals surface area (Å²) >= 11 is 0. The van der Waals surface area contributed by atoms with Gasteiger partial charge in [-0.3, -0.25) is 9.59 Å². The van der Waals surface area contributed by atoms with Crippen LogP contribution in [0.4, 0.5) is 0 Å². The van der Waals surface area contributed by atoms with Crippen molar-refractivity contribution >= 4 is 18.0 Å². The van der Waals surface area contributed by atoms with E-state index in [9.17, 15) is 9.59 Å². The van der Waals surface area contributed by atoms with Crippen LogP contribution in [-0.2, 0) is 14.3 Å². The van der Waals surface area contributed by atoms with Crippen molar-refractivity contribution in [3.63, 3.8) is 0 Å². The molecular formula is C16H21N3O4. The maximum absolute atomic E-state index is 11.5. The lowest BCUT2D eigenvalue weighted by molar-refractivity contribution is -0.139. The molecule has 0 radical (unpaired) electrons. The quantitative estimate of drug-likeness (QED) is 0.232. The second-order valence-electron chi connectivity index (χ2n) is 4.47. The molecule has 0 unspecified atom stereocenters. The molecule has 1 rings (SSSR count). The van der Waals surface area contributed by atoms with Crippen LogP contribution in [-0.4, -0.2) is 44.9 Å². The molecule has 2 N–H and O–H groups in total. The van der Waals surface area contributed by atoms with Crippen LogP contribution in [0.3, 0.4) is 0 Å². The van der Waals surface area contributed by atoms with Crippen LogP contribution in [0.1, 0.15) is 12.0 Å². The Hall–Kier alpha value is -2.67. The van der Waals surface area contributed by atoms with Gasteiger partial charge in [0.25, 0.3) is 0 Å². The predicted octanol–water partition coefficient (Wildman–Crippen LogP) is 0.854. The highest BCUT2D eigenvalue weighted by Crippen LogP contribution is 2.10. The fraction of sp³-hybridized carbons (Fsp3) is 0.312. The van der Waals surface area contributed by atoms with Gasteiger partial charge >= 0.3 is 11.8 Å². The number of hydrogen-bond donors (Lipinski definition) is 2. The molecule has 0 aromatic heterocycles. The molecule has 2 amide bonds. The Morgan fingerprint density at radius 1 is 1.26 bits per heavy atom. The van der Waals surface area contributed by atoms with Crippen molar-refractivity contribution in [2.24, 2.45) is 5.10 Å². The zero-order chi connectivity index (χ0) is 16.9. The molecule has 0 fully saturated rings. The molecule has 0 aliphatic heterocycles. The standard InChI is InChI=1S/C16H21N3O4/c1-3-10-23-14-7-5-13(6-8-14)12-18-19-16(21)15(20)17-9-4-11-22-2/h3,5-8,12H,1,4,9-11H2,2H3,(H,17,20)(H,19,21)/b18-12-. The molecule has 0 heterocycles. The number of rotatable bonds is 9. The molecule has 23 heavy (non-hydrogen) atoms. The molecule has 1 aromatic carbocycles. The third kappa shape index (κ3) is 7.77. The number of carbonyl (C=O) groups is 2. The van der Waals surface area contributed by atoms with Crippen LogP contribution in [0.5, 0.6) is 5.75 Å². The van der Waals surface area contributed by atoms with Crippen molar-refractivity contribution in [2.75, 3.05) is 26.9 Å². The normalized spacial score (nSPS) is 10.3. The van der Waals surface area contributed by atoms with Gasteiger partial charge in [-0.15, -0.1) is 0 Å². The number of hydrogen-bond acceptors (Lipinski definition) is 5. The van der Waals surface area contributed by atoms with Crippen LogP contribution >= 0.6 is 0 Å². The average molecular weight is 319 g/mol. The summed E-state index contributed by atoms with van der Waals surface area (Å²) < 4.78 is 10.2. The fourth-order valence-corrected chi connectivity index (χ4v) is 1.52. The summed E-state index contributed by atoms with van der Waals surface area (Å²) in [6, 6.07) is 7.10. The van der Waals surface area contributed by atoms with Crippen LogP contribution in [0.2, 0.25) is 0 Å².